The van der Waals surface area contributed by atoms with Crippen LogP contribution in [0.4, 0.5) is 13.2 Å². The normalized spacial score (nSPS) is 12.5. The maximum absolute atomic E-state index is 13.5. The SMILES string of the molecule is COc1ccc(C(C)(C)C(F)(F)F)nc1S(=O)(=O)NC(=O)c1ccc2c(-c3csc(C)n3)cccc2n1. The van der Waals surface area contributed by atoms with Crippen molar-refractivity contribution in [3.63, 3.8) is 0 Å². The van der Waals surface area contributed by atoms with Crippen LogP contribution in [0.3, 0.4) is 0 Å². The van der Waals surface area contributed by atoms with Crippen LogP contribution in [0, 0.1) is 6.92 Å². The van der Waals surface area contributed by atoms with E-state index in [0.29, 0.717) is 10.9 Å². The van der Waals surface area contributed by atoms with Crippen LogP contribution in [0.25, 0.3) is 22.2 Å². The summed E-state index contributed by atoms with van der Waals surface area (Å²) >= 11 is 1.49. The molecule has 8 nitrogen and oxygen atoms in total. The third-order valence-corrected chi connectivity index (χ3v) is 7.76. The number of alkyl halides is 3. The predicted octanol–water partition coefficient (Wildman–Crippen LogP) is 5.03. The number of halogens is 3. The number of amides is 1. The predicted molar refractivity (Wildman–Crippen MR) is 132 cm³/mol. The Bertz CT molecular complexity index is 1620. The zero-order valence-electron chi connectivity index (χ0n) is 20.0. The lowest BCUT2D eigenvalue weighted by Gasteiger charge is -2.27. The Kier molecular flexibility index (Phi) is 6.71. The summed E-state index contributed by atoms with van der Waals surface area (Å²) in [7, 11) is -3.59. The summed E-state index contributed by atoms with van der Waals surface area (Å²) in [6.07, 6.45) is -4.70. The van der Waals surface area contributed by atoms with Gasteiger partial charge in [0, 0.05) is 16.3 Å². The first kappa shape index (κ1) is 26.5. The number of hydrogen-bond acceptors (Lipinski definition) is 8. The number of benzene rings is 1. The highest BCUT2D eigenvalue weighted by Crippen LogP contribution is 2.40. The van der Waals surface area contributed by atoms with E-state index >= 15 is 0 Å². The number of aryl methyl sites for hydroxylation is 1. The Morgan fingerprint density at radius 3 is 2.38 bits per heavy atom. The van der Waals surface area contributed by atoms with Gasteiger partial charge in [-0.25, -0.2) is 19.7 Å². The quantitative estimate of drug-likeness (QED) is 0.359. The molecule has 37 heavy (non-hydrogen) atoms. The Balaban J connectivity index is 1.69. The lowest BCUT2D eigenvalue weighted by Crippen LogP contribution is -2.38. The van der Waals surface area contributed by atoms with Crippen molar-refractivity contribution in [2.24, 2.45) is 0 Å². The van der Waals surface area contributed by atoms with Gasteiger partial charge in [-0.15, -0.1) is 11.3 Å². The van der Waals surface area contributed by atoms with E-state index < -0.39 is 38.2 Å². The topological polar surface area (TPSA) is 111 Å². The molecule has 3 aromatic heterocycles. The summed E-state index contributed by atoms with van der Waals surface area (Å²) < 4.78 is 73.5. The number of pyridine rings is 2. The van der Waals surface area contributed by atoms with Gasteiger partial charge in [0.05, 0.1) is 29.0 Å². The molecule has 0 atom stereocenters. The molecule has 13 heteroatoms. The van der Waals surface area contributed by atoms with E-state index in [1.165, 1.54) is 17.4 Å². The summed E-state index contributed by atoms with van der Waals surface area (Å²) in [5.41, 5.74) is -1.25. The zero-order chi connectivity index (χ0) is 27.2. The van der Waals surface area contributed by atoms with Crippen molar-refractivity contribution < 1.29 is 31.1 Å². The fourth-order valence-corrected chi connectivity index (χ4v) is 5.18. The lowest BCUT2D eigenvalue weighted by molar-refractivity contribution is -0.181. The first-order chi connectivity index (χ1) is 17.2. The van der Waals surface area contributed by atoms with Gasteiger partial charge in [-0.05, 0) is 51.1 Å². The van der Waals surface area contributed by atoms with E-state index in [9.17, 15) is 26.4 Å². The summed E-state index contributed by atoms with van der Waals surface area (Å²) in [5, 5.41) is 2.64. The minimum absolute atomic E-state index is 0.214. The Morgan fingerprint density at radius 1 is 1.03 bits per heavy atom. The smallest absolute Gasteiger partial charge is 0.399 e. The summed E-state index contributed by atoms with van der Waals surface area (Å²) in [6.45, 7) is 3.62. The molecular weight excluding hydrogens is 529 g/mol. The number of rotatable bonds is 6. The first-order valence-corrected chi connectivity index (χ1v) is 13.1. The number of hydrogen-bond donors (Lipinski definition) is 1. The summed E-state index contributed by atoms with van der Waals surface area (Å²) in [6, 6.07) is 10.3. The highest BCUT2D eigenvalue weighted by Gasteiger charge is 2.50. The highest BCUT2D eigenvalue weighted by atomic mass is 32.2. The second kappa shape index (κ2) is 9.38. The van der Waals surface area contributed by atoms with Gasteiger partial charge in [0.1, 0.15) is 11.1 Å². The number of methoxy groups -OCH3 is 1. The molecule has 0 saturated carbocycles. The van der Waals surface area contributed by atoms with Crippen LogP contribution < -0.4 is 9.46 Å². The van der Waals surface area contributed by atoms with E-state index in [1.54, 1.807) is 18.2 Å². The number of carbonyl (C=O) groups excluding carboxylic acids is 1. The number of nitrogens with one attached hydrogen (secondary N) is 1. The minimum atomic E-state index is -4.73. The van der Waals surface area contributed by atoms with Gasteiger partial charge < -0.3 is 4.74 Å². The average Bonchev–Trinajstić information content (AvgIpc) is 3.27. The van der Waals surface area contributed by atoms with Crippen LogP contribution in [0.15, 0.2) is 52.9 Å². The molecule has 4 rings (SSSR count). The van der Waals surface area contributed by atoms with Crippen LogP contribution in [0.1, 0.15) is 35.0 Å². The molecule has 4 aromatic rings. The van der Waals surface area contributed by atoms with Crippen molar-refractivity contribution in [3.8, 4) is 17.0 Å². The molecule has 0 unspecified atom stereocenters. The standard InChI is InChI=1S/C24H21F3N4O4S2/c1-13-28-18(12-36-13)14-6-5-7-16-15(14)8-9-17(29-16)21(32)31-37(33,34)22-19(35-4)10-11-20(30-22)23(2,3)24(25,26)27/h5-12H,1-4H3,(H,31,32). The van der Waals surface area contributed by atoms with Crippen molar-refractivity contribution in [1.29, 1.82) is 0 Å². The molecule has 0 fully saturated rings. The molecule has 1 N–H and O–H groups in total. The van der Waals surface area contributed by atoms with Gasteiger partial charge in [0.25, 0.3) is 15.9 Å². The van der Waals surface area contributed by atoms with E-state index in [2.05, 4.69) is 15.0 Å². The maximum atomic E-state index is 13.5. The number of fused-ring (bicyclic) bond motifs is 1. The Hall–Kier alpha value is -3.58. The molecule has 0 aliphatic rings. The number of aromatic nitrogens is 3. The molecule has 0 saturated heterocycles. The zero-order valence-corrected chi connectivity index (χ0v) is 21.7. The molecule has 0 bridgehead atoms. The number of sulfonamides is 1. The second-order valence-electron chi connectivity index (χ2n) is 8.58. The molecule has 0 aliphatic carbocycles. The van der Waals surface area contributed by atoms with E-state index in [4.69, 9.17) is 4.74 Å². The van der Waals surface area contributed by atoms with Gasteiger partial charge in [-0.1, -0.05) is 12.1 Å². The minimum Gasteiger partial charge on any atom is -0.494 e. The first-order valence-electron chi connectivity index (χ1n) is 10.8. The number of ether oxygens (including phenoxy) is 1. The van der Waals surface area contributed by atoms with Gasteiger partial charge in [0.15, 0.2) is 5.75 Å². The van der Waals surface area contributed by atoms with E-state index in [0.717, 1.165) is 49.4 Å². The number of thiazole rings is 1. The molecule has 0 spiro atoms. The molecule has 3 heterocycles. The van der Waals surface area contributed by atoms with Gasteiger partial charge in [-0.3, -0.25) is 4.79 Å². The largest absolute Gasteiger partial charge is 0.494 e. The van der Waals surface area contributed by atoms with Crippen molar-refractivity contribution in [2.75, 3.05) is 7.11 Å². The number of carbonyl (C=O) groups is 1. The van der Waals surface area contributed by atoms with Crippen LogP contribution in [0.2, 0.25) is 0 Å². The van der Waals surface area contributed by atoms with E-state index in [1.807, 2.05) is 23.1 Å². The third-order valence-electron chi connectivity index (χ3n) is 5.74. The van der Waals surface area contributed by atoms with E-state index in [-0.39, 0.29) is 11.4 Å². The Morgan fingerprint density at radius 2 is 1.76 bits per heavy atom. The molecule has 194 valence electrons. The molecule has 0 aliphatic heterocycles. The van der Waals surface area contributed by atoms with Crippen LogP contribution >= 0.6 is 11.3 Å². The van der Waals surface area contributed by atoms with Gasteiger partial charge in [-0.2, -0.15) is 21.6 Å². The lowest BCUT2D eigenvalue weighted by atomic mass is 9.88. The number of nitrogens with zero attached hydrogens (tertiary/aromatic N) is 3. The molecule has 1 aromatic carbocycles. The second-order valence-corrected chi connectivity index (χ2v) is 11.2. The highest BCUT2D eigenvalue weighted by molar-refractivity contribution is 7.90. The van der Waals surface area contributed by atoms with Crippen LogP contribution in [-0.4, -0.2) is 42.6 Å². The van der Waals surface area contributed by atoms with Gasteiger partial charge >= 0.3 is 6.18 Å². The van der Waals surface area contributed by atoms with Crippen LogP contribution in [0.5, 0.6) is 5.75 Å². The maximum Gasteiger partial charge on any atom is 0.399 e. The molecule has 1 amide bonds. The van der Waals surface area contributed by atoms with Crippen molar-refractivity contribution in [1.82, 2.24) is 19.7 Å². The molecule has 0 radical (unpaired) electrons. The fourth-order valence-electron chi connectivity index (χ4n) is 3.48. The van der Waals surface area contributed by atoms with Gasteiger partial charge in [0.2, 0.25) is 5.03 Å². The fraction of sp³-hybridized carbons (Fsp3) is 0.250. The third kappa shape index (κ3) is 5.01. The monoisotopic (exact) mass is 550 g/mol. The average molecular weight is 551 g/mol. The molecular formula is C24H21F3N4O4S2. The summed E-state index contributed by atoms with van der Waals surface area (Å²) in [4.78, 5) is 25.3. The van der Waals surface area contributed by atoms with Crippen molar-refractivity contribution in [2.45, 2.75) is 37.4 Å². The van der Waals surface area contributed by atoms with Crippen molar-refractivity contribution in [3.05, 3.63) is 64.2 Å². The van der Waals surface area contributed by atoms with Crippen LogP contribution in [-0.2, 0) is 15.4 Å². The Labute approximate surface area is 214 Å². The summed E-state index contributed by atoms with van der Waals surface area (Å²) in [5.74, 6) is -1.40. The van der Waals surface area contributed by atoms with Crippen molar-refractivity contribution >= 4 is 38.2 Å².